The maximum atomic E-state index is 16.1. The van der Waals surface area contributed by atoms with E-state index in [1.165, 1.54) is 50.2 Å². The normalized spacial score (nSPS) is 30.3. The molecule has 7 heterocycles. The Labute approximate surface area is 718 Å². The molecule has 9 bridgehead atoms. The van der Waals surface area contributed by atoms with E-state index < -0.39 is 325 Å². The molecule has 7 unspecified atom stereocenters. The summed E-state index contributed by atoms with van der Waals surface area (Å²) in [7, 11) is 2.69. The number of nitrogens with two attached hydrogens (primary N) is 3. The molecule has 125 heavy (non-hydrogen) atoms. The molecule has 3 aliphatic carbocycles. The number of amides is 10. The molecule has 666 valence electrons. The number of methoxy groups -OCH3 is 1. The molecule has 6 fully saturated rings. The maximum absolute atomic E-state index is 16.1. The number of aliphatic hydroxyl groups is 8. The number of primary amides is 3. The average Bonchev–Trinajstić information content (AvgIpc) is 1.44. The number of aromatic hydroxyl groups is 4. The lowest BCUT2D eigenvalue weighted by molar-refractivity contribution is -0.322. The van der Waals surface area contributed by atoms with Gasteiger partial charge >= 0.3 is 0 Å². The monoisotopic (exact) mass is 1780 g/mol. The zero-order valence-electron chi connectivity index (χ0n) is 66.8. The highest BCUT2D eigenvalue weighted by atomic mass is 35.5. The van der Waals surface area contributed by atoms with Gasteiger partial charge in [0.2, 0.25) is 59.3 Å². The summed E-state index contributed by atoms with van der Waals surface area (Å²) in [5, 5.41) is 165. The van der Waals surface area contributed by atoms with Crippen molar-refractivity contribution < 1.29 is 142 Å². The van der Waals surface area contributed by atoms with Crippen LogP contribution >= 0.6 is 23.2 Å². The Morgan fingerprint density at radius 3 is 1.98 bits per heavy atom. The molecule has 16 rings (SSSR count). The van der Waals surface area contributed by atoms with Gasteiger partial charge in [-0.15, -0.1) is 0 Å². The third kappa shape index (κ3) is 17.4. The van der Waals surface area contributed by atoms with Crippen LogP contribution in [-0.4, -0.2) is 243 Å². The smallest absolute Gasteiger partial charge is 0.256 e. The van der Waals surface area contributed by atoms with Crippen molar-refractivity contribution in [2.45, 2.75) is 168 Å². The number of carbonyl (C=O) groups is 10. The lowest BCUT2D eigenvalue weighted by atomic mass is 9.89. The number of rotatable bonds is 20. The minimum absolute atomic E-state index is 0.0797. The van der Waals surface area contributed by atoms with Crippen molar-refractivity contribution >= 4 is 93.7 Å². The Hall–Kier alpha value is -11.8. The number of aliphatic hydroxyl groups excluding tert-OH is 7. The van der Waals surface area contributed by atoms with Gasteiger partial charge in [-0.1, -0.05) is 55.2 Å². The highest BCUT2D eigenvalue weighted by molar-refractivity contribution is 6.32. The molecule has 7 aliphatic heterocycles. The Balaban J connectivity index is 0.875. The molecule has 41 nitrogen and oxygen atoms in total. The van der Waals surface area contributed by atoms with Crippen LogP contribution in [0.15, 0.2) is 91.0 Å². The number of phenolic OH excluding ortho intramolecular Hbond substituents is 3. The maximum Gasteiger partial charge on any atom is 0.256 e. The van der Waals surface area contributed by atoms with Gasteiger partial charge in [-0.3, -0.25) is 47.9 Å². The lowest BCUT2D eigenvalue weighted by Gasteiger charge is -2.44. The van der Waals surface area contributed by atoms with E-state index in [0.717, 1.165) is 66.7 Å². The predicted molar refractivity (Wildman–Crippen MR) is 430 cm³/mol. The lowest BCUT2D eigenvalue weighted by Crippen LogP contribution is -2.62. The number of likely N-dealkylation sites (tertiary alicyclic amines) is 1. The summed E-state index contributed by atoms with van der Waals surface area (Å²) in [5.74, 6) is -21.3. The Morgan fingerprint density at radius 1 is 0.728 bits per heavy atom. The van der Waals surface area contributed by atoms with E-state index in [2.05, 4.69) is 37.2 Å². The molecule has 10 amide bonds. The summed E-state index contributed by atoms with van der Waals surface area (Å²) in [5.41, 5.74) is 11.8. The first kappa shape index (κ1) is 89.5. The number of ether oxygens (including phenoxy) is 7. The van der Waals surface area contributed by atoms with E-state index in [9.17, 15) is 94.8 Å². The number of halogens is 2. The summed E-state index contributed by atoms with van der Waals surface area (Å²) in [4.78, 5) is 145. The minimum Gasteiger partial charge on any atom is -0.508 e. The highest BCUT2D eigenvalue weighted by Crippen LogP contribution is 2.80. The van der Waals surface area contributed by atoms with Crippen molar-refractivity contribution in [2.24, 2.45) is 46.8 Å². The number of fused-ring (bicyclic) bond motifs is 18. The van der Waals surface area contributed by atoms with Crippen LogP contribution in [0.2, 0.25) is 10.0 Å². The first-order chi connectivity index (χ1) is 59.2. The molecule has 10 aliphatic rings. The number of hydrogen-bond donors (Lipinski definition) is 23. The quantitative estimate of drug-likeness (QED) is 0.0333. The fraction of sp³-hybridized carbons (Fsp3) is 0.427. The number of anilines is 1. The van der Waals surface area contributed by atoms with E-state index in [1.54, 1.807) is 13.8 Å². The number of nitrogens with zero attached hydrogens (tertiary/aromatic N) is 1. The van der Waals surface area contributed by atoms with E-state index in [-0.39, 0.29) is 40.6 Å². The van der Waals surface area contributed by atoms with Gasteiger partial charge in [0.15, 0.2) is 29.6 Å². The second kappa shape index (κ2) is 35.0. The number of nitrogens with one attached hydrogen (secondary N) is 8. The summed E-state index contributed by atoms with van der Waals surface area (Å²) in [6.07, 6.45) is -21.7. The molecular weight excluding hydrogens is 1690 g/mol. The van der Waals surface area contributed by atoms with Crippen molar-refractivity contribution in [3.05, 3.63) is 134 Å². The van der Waals surface area contributed by atoms with Crippen LogP contribution in [0.25, 0.3) is 11.1 Å². The summed E-state index contributed by atoms with van der Waals surface area (Å²) in [6.45, 7) is 4.00. The summed E-state index contributed by atoms with van der Waals surface area (Å²) < 4.78 is 43.3. The van der Waals surface area contributed by atoms with Gasteiger partial charge in [0.25, 0.3) is 11.8 Å². The van der Waals surface area contributed by atoms with E-state index in [0.29, 0.717) is 0 Å². The van der Waals surface area contributed by atoms with Crippen LogP contribution in [0.5, 0.6) is 57.5 Å². The molecule has 21 atom stereocenters. The van der Waals surface area contributed by atoms with Crippen molar-refractivity contribution in [2.75, 3.05) is 26.1 Å². The summed E-state index contributed by atoms with van der Waals surface area (Å²) >= 11 is 14.2. The largest absolute Gasteiger partial charge is 0.508 e. The minimum atomic E-state index is -2.39. The van der Waals surface area contributed by atoms with Crippen LogP contribution < -0.4 is 73.4 Å². The van der Waals surface area contributed by atoms with Gasteiger partial charge in [0.05, 0.1) is 90.2 Å². The van der Waals surface area contributed by atoms with Crippen LogP contribution in [0.3, 0.4) is 0 Å². The van der Waals surface area contributed by atoms with E-state index in [1.807, 2.05) is 0 Å². The van der Waals surface area contributed by atoms with Gasteiger partial charge in [0.1, 0.15) is 101 Å². The number of likely N-dealkylation sites (N-methyl/N-ethyl adjacent to an activating group) is 1. The Morgan fingerprint density at radius 2 is 1.38 bits per heavy atom. The van der Waals surface area contributed by atoms with Gasteiger partial charge in [0, 0.05) is 47.1 Å². The molecule has 0 radical (unpaired) electrons. The van der Waals surface area contributed by atoms with Crippen LogP contribution in [0.4, 0.5) is 5.69 Å². The fourth-order valence-corrected chi connectivity index (χ4v) is 17.3. The Kier molecular flexibility index (Phi) is 25.0. The molecule has 43 heteroatoms. The van der Waals surface area contributed by atoms with Crippen molar-refractivity contribution in [1.82, 2.24) is 36.8 Å². The molecule has 3 saturated carbocycles. The third-order valence-corrected chi connectivity index (χ3v) is 24.2. The van der Waals surface area contributed by atoms with Crippen molar-refractivity contribution in [1.29, 1.82) is 5.41 Å². The molecule has 0 spiro atoms. The topological polar surface area (TPSA) is 667 Å². The molecule has 26 N–H and O–H groups in total. The molecule has 3 saturated heterocycles. The molecule has 0 aromatic heterocycles. The van der Waals surface area contributed by atoms with Crippen molar-refractivity contribution in [3.8, 4) is 68.6 Å². The number of benzene rings is 6. The zero-order valence-corrected chi connectivity index (χ0v) is 68.3. The Bertz CT molecular complexity index is 5380. The number of hydrogen-bond acceptors (Lipinski definition) is 31. The SMILES string of the molecule is CN[C@H](CC(C)C)C(=O)N[C@H]1C(=O)N[C@@H](CC(N)=O)C(=O)N[C@H]2C(=O)N[C@@H](C(N)=O)c3ccc(O)c(c3)-c3c(O)cc(O)cc3C(C(=O)N3C4C(C(O)C5(O)C6C(C(=O)Nc7ccc(OC)c(C(N)=O)c7O)C65)C43)NC(=O)C[C@H](O)c3ccc(c(Cl)c3)Oc3cc2cc(c3OC2O[C@@H](CO)[C@@H](O)[C@H](O)[C@@H]2O[C@@H]2CC(=N)[C@H](O)[C@@H](C)O2)Oc2ccc(cc2Cl)[C@H]1O. The first-order valence-electron chi connectivity index (χ1n) is 39.4. The van der Waals surface area contributed by atoms with Crippen LogP contribution in [0, 0.1) is 35.0 Å². The first-order valence-corrected chi connectivity index (χ1v) is 40.2. The van der Waals surface area contributed by atoms with Crippen LogP contribution in [0.1, 0.15) is 115 Å². The van der Waals surface area contributed by atoms with Gasteiger partial charge < -0.3 is 159 Å². The number of carbonyl (C=O) groups excluding carboxylic acids is 10. The third-order valence-electron chi connectivity index (χ3n) is 23.6. The van der Waals surface area contributed by atoms with Gasteiger partial charge in [-0.05, 0) is 121 Å². The van der Waals surface area contributed by atoms with E-state index in [4.69, 9.17) is 79.0 Å². The fourth-order valence-electron chi connectivity index (χ4n) is 16.9. The second-order valence-electron chi connectivity index (χ2n) is 32.3. The van der Waals surface area contributed by atoms with Gasteiger partial charge in [-0.25, -0.2) is 0 Å². The predicted octanol–water partition coefficient (Wildman–Crippen LogP) is -0.670. The van der Waals surface area contributed by atoms with E-state index >= 15 is 14.4 Å². The van der Waals surface area contributed by atoms with Crippen molar-refractivity contribution in [3.63, 3.8) is 0 Å². The second-order valence-corrected chi connectivity index (χ2v) is 33.1. The summed E-state index contributed by atoms with van der Waals surface area (Å²) in [6, 6.07) is 2.41. The molecular formula is C82H90Cl2N12O29. The molecule has 6 aromatic carbocycles. The van der Waals surface area contributed by atoms with Crippen LogP contribution in [-0.2, 0) is 57.4 Å². The number of phenols is 4. The highest BCUT2D eigenvalue weighted by Gasteiger charge is 2.92. The molecule has 6 aromatic rings. The average molecular weight is 1780 g/mol. The zero-order chi connectivity index (χ0) is 90.5. The van der Waals surface area contributed by atoms with Gasteiger partial charge in [-0.2, -0.15) is 0 Å². The standard InChI is InChI=1S/C82H90Cl2N12O29/c1-26(2)14-39(89-4)75(112)95-62-66(105)30-8-12-45(36(84)17-30)122-48-19-31-18-47(70(48)125-81-71(69(108)68(107)49(25-97)123-81)124-52-22-37(85)65(104)27(3)120-52)121-44-11-7-28(16-35(44)83)42(100)24-51(103)92-61(80(117)96-63-56(64(63)96)72(109)82(118)57-55(58(57)82)77(114)90-38-9-13-46(119-5)54(67(38)106)73(87)110)34-20-32(98)21-43(101)53(34)33-15-29(6-10-41(33)99)59(74(88)111)93-78(115)60(31)94-76(113)40(23-50(86)102)91-79(62)116/h6-13,15-21,26-27,39-40,42,49,52,55-66,68-69,71-72,81,85,89,97-101,104-109,118H,14,22-25H2,1-5H3,(H2,86,102)(H2,87,110)(H2,88,111)(H,90,114)(H,91,116)(H,92,103)(H,93,115)(H,94,113)(H,95,112)/t27-,39-,40+,42+,49+,52-,55?,56?,57?,58?,59-,60-,61?,62-,63?,64?,65-,66-,68-,69+,71+,72?,81?,82?,96?/m1/s1.